The van der Waals surface area contributed by atoms with Crippen molar-refractivity contribution in [1.82, 2.24) is 0 Å². The van der Waals surface area contributed by atoms with Gasteiger partial charge in [0.25, 0.3) is 20.2 Å². The maximum absolute atomic E-state index is 12.7. The van der Waals surface area contributed by atoms with Crippen LogP contribution in [0, 0.1) is 0 Å². The predicted molar refractivity (Wildman–Crippen MR) is 168 cm³/mol. The molecule has 0 saturated carbocycles. The van der Waals surface area contributed by atoms with Crippen LogP contribution in [-0.2, 0) is 62.6 Å². The lowest BCUT2D eigenvalue weighted by atomic mass is 9.97. The van der Waals surface area contributed by atoms with Crippen LogP contribution in [0.4, 0.5) is 0 Å². The van der Waals surface area contributed by atoms with Crippen molar-refractivity contribution in [3.63, 3.8) is 0 Å². The highest BCUT2D eigenvalue weighted by atomic mass is 32.2. The van der Waals surface area contributed by atoms with Gasteiger partial charge in [0.05, 0.1) is 57.8 Å². The number of hydrogen-bond acceptors (Lipinski definition) is 11. The summed E-state index contributed by atoms with van der Waals surface area (Å²) in [5.41, 5.74) is 2.32. The van der Waals surface area contributed by atoms with Gasteiger partial charge in [-0.25, -0.2) is 0 Å². The summed E-state index contributed by atoms with van der Waals surface area (Å²) in [5.74, 6) is 0. The Hall–Kier alpha value is -2.72. The first-order valence-corrected chi connectivity index (χ1v) is 18.0. The Balaban J connectivity index is 2.06. The van der Waals surface area contributed by atoms with Crippen LogP contribution in [0.25, 0.3) is 0 Å². The largest absolute Gasteiger partial charge is 0.394 e. The molecule has 0 heterocycles. The highest BCUT2D eigenvalue weighted by Gasteiger charge is 2.41. The first-order valence-electron chi connectivity index (χ1n) is 14.4. The van der Waals surface area contributed by atoms with Crippen LogP contribution in [0.3, 0.4) is 0 Å². The van der Waals surface area contributed by atoms with Gasteiger partial charge in [0, 0.05) is 0 Å². The minimum Gasteiger partial charge on any atom is -0.394 e. The van der Waals surface area contributed by atoms with E-state index < -0.39 is 64.0 Å². The minimum absolute atomic E-state index is 0.0100. The third-order valence-electron chi connectivity index (χ3n) is 6.68. The molecule has 0 aliphatic rings. The molecule has 11 nitrogen and oxygen atoms in total. The maximum atomic E-state index is 12.7. The lowest BCUT2D eigenvalue weighted by Crippen LogP contribution is -2.52. The molecule has 13 heteroatoms. The van der Waals surface area contributed by atoms with E-state index in [2.05, 4.69) is 0 Å². The lowest BCUT2D eigenvalue weighted by molar-refractivity contribution is -0.168. The molecular formula is C32H42O11S2. The third-order valence-corrected chi connectivity index (χ3v) is 7.82. The second-order valence-corrected chi connectivity index (χ2v) is 13.8. The molecule has 3 rings (SSSR count). The molecule has 1 unspecified atom stereocenters. The van der Waals surface area contributed by atoms with E-state index in [1.807, 2.05) is 91.0 Å². The molecule has 0 spiro atoms. The van der Waals surface area contributed by atoms with E-state index in [9.17, 15) is 27.0 Å². The monoisotopic (exact) mass is 666 g/mol. The van der Waals surface area contributed by atoms with Crippen molar-refractivity contribution in [3.05, 3.63) is 108 Å². The Morgan fingerprint density at radius 2 is 1.04 bits per heavy atom. The normalized spacial score (nSPS) is 15.6. The molecule has 3 aromatic carbocycles. The van der Waals surface area contributed by atoms with Crippen molar-refractivity contribution in [2.24, 2.45) is 0 Å². The Morgan fingerprint density at radius 3 is 1.47 bits per heavy atom. The summed E-state index contributed by atoms with van der Waals surface area (Å²) in [6.07, 6.45) is -4.05. The number of benzene rings is 3. The summed E-state index contributed by atoms with van der Waals surface area (Å²) in [6.45, 7) is -0.954. The number of ether oxygens (including phenoxy) is 3. The Labute approximate surface area is 265 Å². The molecule has 248 valence electrons. The zero-order valence-corrected chi connectivity index (χ0v) is 27.0. The van der Waals surface area contributed by atoms with Crippen LogP contribution in [0.2, 0.25) is 0 Å². The first kappa shape index (κ1) is 36.7. The van der Waals surface area contributed by atoms with Crippen molar-refractivity contribution >= 4 is 20.2 Å². The summed E-state index contributed by atoms with van der Waals surface area (Å²) < 4.78 is 79.2. The van der Waals surface area contributed by atoms with Crippen molar-refractivity contribution in [1.29, 1.82) is 0 Å². The molecule has 0 aliphatic heterocycles. The van der Waals surface area contributed by atoms with Crippen molar-refractivity contribution in [2.45, 2.75) is 63.2 Å². The predicted octanol–water partition coefficient (Wildman–Crippen LogP) is 3.20. The molecule has 0 aromatic heterocycles. The smallest absolute Gasteiger partial charge is 0.264 e. The summed E-state index contributed by atoms with van der Waals surface area (Å²) in [5, 5.41) is 19.7. The van der Waals surface area contributed by atoms with E-state index in [4.69, 9.17) is 22.6 Å². The van der Waals surface area contributed by atoms with Gasteiger partial charge in [-0.2, -0.15) is 16.8 Å². The van der Waals surface area contributed by atoms with Gasteiger partial charge in [-0.15, -0.1) is 0 Å². The van der Waals surface area contributed by atoms with Gasteiger partial charge in [0.1, 0.15) is 18.3 Å². The highest BCUT2D eigenvalue weighted by Crippen LogP contribution is 2.26. The van der Waals surface area contributed by atoms with E-state index in [0.717, 1.165) is 29.2 Å². The van der Waals surface area contributed by atoms with E-state index in [1.54, 1.807) is 0 Å². The van der Waals surface area contributed by atoms with Gasteiger partial charge in [0.15, 0.2) is 0 Å². The average molecular weight is 667 g/mol. The van der Waals surface area contributed by atoms with E-state index in [0.29, 0.717) is 0 Å². The number of aliphatic hydroxyl groups excluding tert-OH is 2. The molecule has 0 bridgehead atoms. The van der Waals surface area contributed by atoms with E-state index in [1.165, 1.54) is 0 Å². The fraction of sp³-hybridized carbons (Fsp3) is 0.438. The van der Waals surface area contributed by atoms with Crippen LogP contribution in [0.15, 0.2) is 91.0 Å². The first-order chi connectivity index (χ1) is 21.4. The molecule has 2 N–H and O–H groups in total. The fourth-order valence-electron chi connectivity index (χ4n) is 4.48. The maximum Gasteiger partial charge on any atom is 0.264 e. The molecule has 0 amide bonds. The van der Waals surface area contributed by atoms with Crippen molar-refractivity contribution in [3.8, 4) is 0 Å². The van der Waals surface area contributed by atoms with Gasteiger partial charge >= 0.3 is 0 Å². The summed E-state index contributed by atoms with van der Waals surface area (Å²) in [4.78, 5) is 0. The summed E-state index contributed by atoms with van der Waals surface area (Å²) in [7, 11) is -8.10. The SMILES string of the molecule is CS(=O)(=O)OC[C@H](OCc1ccccc1)[C@@H](OCc1ccccc1)[C@H](OS(C)(=O)=O)[C@H](CCC(O)CO)OCc1ccccc1. The topological polar surface area (TPSA) is 155 Å². The lowest BCUT2D eigenvalue weighted by Gasteiger charge is -2.37. The van der Waals surface area contributed by atoms with Crippen LogP contribution >= 0.6 is 0 Å². The average Bonchev–Trinajstić information content (AvgIpc) is 3.01. The Bertz CT molecular complexity index is 1450. The van der Waals surface area contributed by atoms with Gasteiger partial charge in [-0.05, 0) is 29.5 Å². The standard InChI is InChI=1S/C32H42O11S2/c1-44(35,36)42-24-30(40-22-26-14-8-4-9-15-26)31(41-23-27-16-10-5-11-17-27)32(43-45(2,37)38)29(19-18-28(34)20-33)39-21-25-12-6-3-7-13-25/h3-17,28-34H,18-24H2,1-2H3/t28?,29-,30-,31+,32+/m0/s1. The highest BCUT2D eigenvalue weighted by molar-refractivity contribution is 7.86. The minimum atomic E-state index is -4.15. The summed E-state index contributed by atoms with van der Waals surface area (Å²) in [6, 6.07) is 27.4. The fourth-order valence-corrected chi connectivity index (χ4v) is 5.50. The van der Waals surface area contributed by atoms with Gasteiger partial charge < -0.3 is 24.4 Å². The molecule has 0 saturated heterocycles. The van der Waals surface area contributed by atoms with Crippen molar-refractivity contribution in [2.75, 3.05) is 25.7 Å². The Kier molecular flexibility index (Phi) is 15.1. The van der Waals surface area contributed by atoms with Crippen LogP contribution in [0.1, 0.15) is 29.5 Å². The number of hydrogen-bond donors (Lipinski definition) is 2. The second kappa shape index (κ2) is 18.4. The Morgan fingerprint density at radius 1 is 0.600 bits per heavy atom. The van der Waals surface area contributed by atoms with Gasteiger partial charge in [-0.1, -0.05) is 91.0 Å². The second-order valence-electron chi connectivity index (χ2n) is 10.6. The molecule has 3 aromatic rings. The van der Waals surface area contributed by atoms with Gasteiger partial charge in [-0.3, -0.25) is 8.37 Å². The molecule has 0 fully saturated rings. The van der Waals surface area contributed by atoms with Crippen LogP contribution in [0.5, 0.6) is 0 Å². The zero-order chi connectivity index (χ0) is 32.7. The van der Waals surface area contributed by atoms with Gasteiger partial charge in [0.2, 0.25) is 0 Å². The molecule has 45 heavy (non-hydrogen) atoms. The summed E-state index contributed by atoms with van der Waals surface area (Å²) >= 11 is 0. The van der Waals surface area contributed by atoms with E-state index >= 15 is 0 Å². The third kappa shape index (κ3) is 14.5. The molecular weight excluding hydrogens is 624 g/mol. The molecule has 0 radical (unpaired) electrons. The molecule has 5 atom stereocenters. The van der Waals surface area contributed by atoms with Crippen LogP contribution in [-0.4, -0.2) is 83.3 Å². The number of aliphatic hydroxyl groups is 2. The number of rotatable bonds is 21. The quantitative estimate of drug-likeness (QED) is 0.161. The van der Waals surface area contributed by atoms with E-state index in [-0.39, 0.29) is 32.7 Å². The van der Waals surface area contributed by atoms with Crippen molar-refractivity contribution < 1.29 is 49.6 Å². The van der Waals surface area contributed by atoms with Crippen LogP contribution < -0.4 is 0 Å². The molecule has 0 aliphatic carbocycles. The zero-order valence-electron chi connectivity index (χ0n) is 25.4.